The van der Waals surface area contributed by atoms with Gasteiger partial charge in [0.1, 0.15) is 0 Å². The van der Waals surface area contributed by atoms with Crippen LogP contribution in [0.1, 0.15) is 39.5 Å². The summed E-state index contributed by atoms with van der Waals surface area (Å²) in [6.07, 6.45) is 3.94. The average molecular weight is 286 g/mol. The molecule has 0 spiro atoms. The Bertz CT molecular complexity index is 252. The van der Waals surface area contributed by atoms with Crippen molar-refractivity contribution in [1.29, 1.82) is 0 Å². The quantitative estimate of drug-likeness (QED) is 0.564. The molecule has 4 nitrogen and oxygen atoms in total. The summed E-state index contributed by atoms with van der Waals surface area (Å²) in [6, 6.07) is 0. The Morgan fingerprint density at radius 1 is 1.43 bits per heavy atom. The second kappa shape index (κ2) is 6.11. The molecule has 0 aromatic rings. The van der Waals surface area contributed by atoms with Crippen molar-refractivity contribution in [3.63, 3.8) is 0 Å². The van der Waals surface area contributed by atoms with Crippen LogP contribution in [0.2, 0.25) is 4.20 Å². The van der Waals surface area contributed by atoms with Gasteiger partial charge in [-0.3, -0.25) is 0 Å². The normalized spacial score (nSPS) is 16.6. The van der Waals surface area contributed by atoms with Gasteiger partial charge in [-0.15, -0.1) is 0 Å². The van der Waals surface area contributed by atoms with Crippen LogP contribution in [0.4, 0.5) is 0 Å². The van der Waals surface area contributed by atoms with Crippen LogP contribution >= 0.6 is 0 Å². The van der Waals surface area contributed by atoms with E-state index in [4.69, 9.17) is 4.55 Å². The van der Waals surface area contributed by atoms with Crippen molar-refractivity contribution in [3.8, 4) is 0 Å². The molecule has 2 atom stereocenters. The fourth-order valence-corrected chi connectivity index (χ4v) is 2.31. The van der Waals surface area contributed by atoms with Crippen LogP contribution in [-0.4, -0.2) is 36.4 Å². The van der Waals surface area contributed by atoms with E-state index < -0.39 is 10.4 Å². The van der Waals surface area contributed by atoms with E-state index in [2.05, 4.69) is 11.1 Å². The summed E-state index contributed by atoms with van der Waals surface area (Å²) in [5, 5.41) is 0. The summed E-state index contributed by atoms with van der Waals surface area (Å²) >= 11 is 1.48. The minimum absolute atomic E-state index is 0.0856. The van der Waals surface area contributed by atoms with Crippen LogP contribution in [0.15, 0.2) is 0 Å². The third-order valence-electron chi connectivity index (χ3n) is 2.23. The van der Waals surface area contributed by atoms with Gasteiger partial charge in [0, 0.05) is 0 Å². The van der Waals surface area contributed by atoms with Gasteiger partial charge in [0.05, 0.1) is 0 Å². The fourth-order valence-electron chi connectivity index (χ4n) is 1.07. The van der Waals surface area contributed by atoms with Crippen molar-refractivity contribution in [3.05, 3.63) is 0 Å². The SMILES string of the molecule is CCCCC([AsH2])(CC)COS(=O)(=O)O. The monoisotopic (exact) mass is 286 g/mol. The Hall–Kier alpha value is 0.428. The van der Waals surface area contributed by atoms with Gasteiger partial charge in [0.25, 0.3) is 0 Å². The topological polar surface area (TPSA) is 63.6 Å². The Kier molecular flexibility index (Phi) is 6.29. The molecule has 0 aliphatic heterocycles. The van der Waals surface area contributed by atoms with Crippen molar-refractivity contribution in [2.24, 2.45) is 0 Å². The van der Waals surface area contributed by atoms with Gasteiger partial charge in [-0.1, -0.05) is 0 Å². The van der Waals surface area contributed by atoms with Gasteiger partial charge in [-0.2, -0.15) is 0 Å². The fraction of sp³-hybridized carbons (Fsp3) is 1.00. The predicted octanol–water partition coefficient (Wildman–Crippen LogP) is 1.20. The first-order valence-electron chi connectivity index (χ1n) is 4.73. The molecule has 0 saturated carbocycles. The molecule has 0 heterocycles. The maximum absolute atomic E-state index is 10.4. The first-order valence-corrected chi connectivity index (χ1v) is 7.31. The summed E-state index contributed by atoms with van der Waals surface area (Å²) in [4.78, 5) is 0. The van der Waals surface area contributed by atoms with E-state index in [1.54, 1.807) is 0 Å². The van der Waals surface area contributed by atoms with E-state index in [1.807, 2.05) is 6.92 Å². The van der Waals surface area contributed by atoms with Gasteiger partial charge < -0.3 is 0 Å². The molecule has 0 aromatic heterocycles. The molecular weight excluding hydrogens is 267 g/mol. The molecule has 0 amide bonds. The molecule has 0 saturated heterocycles. The second-order valence-electron chi connectivity index (χ2n) is 3.51. The van der Waals surface area contributed by atoms with E-state index in [-0.39, 0.29) is 10.8 Å². The summed E-state index contributed by atoms with van der Waals surface area (Å²) in [7, 11) is -4.28. The first-order chi connectivity index (χ1) is 6.33. The Balaban J connectivity index is 4.12. The van der Waals surface area contributed by atoms with Crippen molar-refractivity contribution in [1.82, 2.24) is 0 Å². The van der Waals surface area contributed by atoms with E-state index in [9.17, 15) is 8.42 Å². The molecule has 2 unspecified atom stereocenters. The zero-order valence-corrected chi connectivity index (χ0v) is 11.9. The zero-order valence-electron chi connectivity index (χ0n) is 8.69. The Morgan fingerprint density at radius 2 is 2.00 bits per heavy atom. The van der Waals surface area contributed by atoms with E-state index in [0.29, 0.717) is 0 Å². The molecule has 0 fully saturated rings. The summed E-state index contributed by atoms with van der Waals surface area (Å²) in [5.41, 5.74) is 0. The molecule has 0 rings (SSSR count). The molecule has 1 N–H and O–H groups in total. The summed E-state index contributed by atoms with van der Waals surface area (Å²) in [6.45, 7) is 4.18. The first kappa shape index (κ1) is 14.4. The molecule has 0 radical (unpaired) electrons. The molecule has 0 aromatic carbocycles. The number of rotatable bonds is 7. The van der Waals surface area contributed by atoms with Gasteiger partial charge in [-0.25, -0.2) is 0 Å². The standard InChI is InChI=1S/C8H19AsO4S/c1-3-5-6-8(9,4-2)7-13-14(10,11)12/h3-7,9H2,1-2H3,(H,10,11,12). The Morgan fingerprint density at radius 3 is 2.36 bits per heavy atom. The molecule has 14 heavy (non-hydrogen) atoms. The van der Waals surface area contributed by atoms with Crippen molar-refractivity contribution in [2.75, 3.05) is 6.61 Å². The molecular formula is C8H19AsO4S. The van der Waals surface area contributed by atoms with Gasteiger partial charge in [-0.05, 0) is 0 Å². The summed E-state index contributed by atoms with van der Waals surface area (Å²) < 4.78 is 33.6. The second-order valence-corrected chi connectivity index (χ2v) is 7.17. The predicted molar refractivity (Wildman–Crippen MR) is 58.6 cm³/mol. The van der Waals surface area contributed by atoms with Crippen molar-refractivity contribution in [2.45, 2.75) is 43.7 Å². The van der Waals surface area contributed by atoms with Gasteiger partial charge >= 0.3 is 94.7 Å². The minimum atomic E-state index is -4.28. The maximum atomic E-state index is 10.4. The van der Waals surface area contributed by atoms with Crippen molar-refractivity contribution < 1.29 is 17.2 Å². The number of hydrogen-bond acceptors (Lipinski definition) is 3. The van der Waals surface area contributed by atoms with E-state index in [1.165, 1.54) is 16.9 Å². The van der Waals surface area contributed by atoms with E-state index in [0.717, 1.165) is 25.7 Å². The number of unbranched alkanes of at least 4 members (excludes halogenated alkanes) is 1. The van der Waals surface area contributed by atoms with Crippen LogP contribution in [0.25, 0.3) is 0 Å². The van der Waals surface area contributed by atoms with E-state index >= 15 is 0 Å². The molecule has 0 aliphatic rings. The van der Waals surface area contributed by atoms with Gasteiger partial charge in [0.2, 0.25) is 0 Å². The molecule has 0 aliphatic carbocycles. The molecule has 6 heteroatoms. The van der Waals surface area contributed by atoms with Crippen LogP contribution < -0.4 is 0 Å². The third kappa shape index (κ3) is 6.82. The van der Waals surface area contributed by atoms with Gasteiger partial charge in [0.15, 0.2) is 0 Å². The van der Waals surface area contributed by atoms with Crippen LogP contribution in [-0.2, 0) is 14.6 Å². The molecule has 0 bridgehead atoms. The van der Waals surface area contributed by atoms with Crippen LogP contribution in [0.3, 0.4) is 0 Å². The number of hydrogen-bond donors (Lipinski definition) is 1. The Labute approximate surface area is 94.9 Å². The van der Waals surface area contributed by atoms with Crippen LogP contribution in [0.5, 0.6) is 0 Å². The summed E-state index contributed by atoms with van der Waals surface area (Å²) in [5.74, 6) is 0. The van der Waals surface area contributed by atoms with Crippen LogP contribution in [0, 0.1) is 0 Å². The average Bonchev–Trinajstić information content (AvgIpc) is 2.10. The van der Waals surface area contributed by atoms with Crippen molar-refractivity contribution >= 4 is 27.3 Å². The third-order valence-corrected chi connectivity index (χ3v) is 4.46. The zero-order chi connectivity index (χ0) is 11.2. The molecule has 86 valence electrons.